The summed E-state index contributed by atoms with van der Waals surface area (Å²) < 4.78 is 11.8. The van der Waals surface area contributed by atoms with E-state index in [1.165, 1.54) is 0 Å². The average Bonchev–Trinajstić information content (AvgIpc) is 2.83. The molecule has 0 spiro atoms. The van der Waals surface area contributed by atoms with Gasteiger partial charge in [0.05, 0.1) is 24.9 Å². The fourth-order valence-electron chi connectivity index (χ4n) is 4.05. The van der Waals surface area contributed by atoms with Crippen molar-refractivity contribution in [2.75, 3.05) is 36.3 Å². The Kier molecular flexibility index (Phi) is 6.89. The van der Waals surface area contributed by atoms with E-state index >= 15 is 0 Å². The quantitative estimate of drug-likeness (QED) is 0.408. The molecule has 0 aromatic heterocycles. The smallest absolute Gasteiger partial charge is 0.327 e. The van der Waals surface area contributed by atoms with Crippen LogP contribution in [0.15, 0.2) is 60.7 Å². The summed E-state index contributed by atoms with van der Waals surface area (Å²) in [7, 11) is 5.58. The van der Waals surface area contributed by atoms with Crippen LogP contribution < -0.4 is 24.6 Å². The maximum Gasteiger partial charge on any atom is 0.327 e. The van der Waals surface area contributed by atoms with Crippen LogP contribution >= 0.6 is 11.6 Å². The molecule has 3 aromatic carbocycles. The number of anilines is 3. The van der Waals surface area contributed by atoms with E-state index in [2.05, 4.69) is 12.2 Å². The zero-order chi connectivity index (χ0) is 24.4. The summed E-state index contributed by atoms with van der Waals surface area (Å²) in [5.74, 6) is 1.23. The topological polar surface area (TPSA) is 54.0 Å². The first-order chi connectivity index (χ1) is 16.3. The molecule has 4 rings (SSSR count). The number of urea groups is 1. The molecule has 178 valence electrons. The van der Waals surface area contributed by atoms with Crippen LogP contribution in [0.2, 0.25) is 5.02 Å². The number of nitrogens with zero attached hydrogens (tertiary/aromatic N) is 2. The van der Waals surface area contributed by atoms with Gasteiger partial charge >= 0.3 is 6.03 Å². The average molecular weight is 480 g/mol. The van der Waals surface area contributed by atoms with Gasteiger partial charge < -0.3 is 19.7 Å². The number of methoxy groups -OCH3 is 1. The Bertz CT molecular complexity index is 1160. The normalized spacial score (nSPS) is 15.9. The van der Waals surface area contributed by atoms with E-state index in [0.29, 0.717) is 22.2 Å². The summed E-state index contributed by atoms with van der Waals surface area (Å²) in [6, 6.07) is 18.7. The molecule has 0 bridgehead atoms. The van der Waals surface area contributed by atoms with Crippen molar-refractivity contribution < 1.29 is 14.3 Å². The molecule has 6 nitrogen and oxygen atoms in total. The highest BCUT2D eigenvalue weighted by molar-refractivity contribution is 6.30. The third-order valence-electron chi connectivity index (χ3n) is 6.08. The molecule has 0 aliphatic carbocycles. The van der Waals surface area contributed by atoms with Gasteiger partial charge in [-0.15, -0.1) is 0 Å². The first kappa shape index (κ1) is 23.8. The van der Waals surface area contributed by atoms with Crippen LogP contribution in [0.1, 0.15) is 37.4 Å². The molecular formula is C27H30ClN3O3. The Morgan fingerprint density at radius 1 is 1.06 bits per heavy atom. The summed E-state index contributed by atoms with van der Waals surface area (Å²) in [5, 5.41) is 3.68. The van der Waals surface area contributed by atoms with E-state index in [1.807, 2.05) is 86.6 Å². The number of rotatable bonds is 7. The minimum atomic E-state index is -0.378. The zero-order valence-corrected chi connectivity index (χ0v) is 20.9. The number of benzene rings is 3. The molecule has 1 N–H and O–H groups in total. The Morgan fingerprint density at radius 2 is 1.74 bits per heavy atom. The highest BCUT2D eigenvalue weighted by Crippen LogP contribution is 2.45. The van der Waals surface area contributed by atoms with Crippen LogP contribution in [0.5, 0.6) is 11.5 Å². The zero-order valence-electron chi connectivity index (χ0n) is 20.1. The number of carbonyl (C=O) groups is 1. The number of hydrogen-bond donors (Lipinski definition) is 1. The van der Waals surface area contributed by atoms with Crippen LogP contribution in [0.4, 0.5) is 21.9 Å². The summed E-state index contributed by atoms with van der Waals surface area (Å²) in [4.78, 5) is 17.2. The largest absolute Gasteiger partial charge is 0.493 e. The molecule has 2 atom stereocenters. The van der Waals surface area contributed by atoms with Crippen molar-refractivity contribution in [2.45, 2.75) is 32.4 Å². The number of halogens is 1. The first-order valence-corrected chi connectivity index (χ1v) is 11.7. The van der Waals surface area contributed by atoms with Crippen molar-refractivity contribution in [1.82, 2.24) is 0 Å². The van der Waals surface area contributed by atoms with E-state index in [9.17, 15) is 4.79 Å². The van der Waals surface area contributed by atoms with Crippen molar-refractivity contribution in [3.63, 3.8) is 0 Å². The fraction of sp³-hybridized carbons (Fsp3) is 0.296. The van der Waals surface area contributed by atoms with E-state index in [0.717, 1.165) is 28.9 Å². The minimum Gasteiger partial charge on any atom is -0.493 e. The van der Waals surface area contributed by atoms with Crippen molar-refractivity contribution in [3.05, 3.63) is 76.8 Å². The van der Waals surface area contributed by atoms with Crippen molar-refractivity contribution in [2.24, 2.45) is 0 Å². The van der Waals surface area contributed by atoms with Gasteiger partial charge in [-0.2, -0.15) is 0 Å². The standard InChI is InChI=1S/C27H30ClN3O3/c1-6-17(2)34-25-15-22-23(16-24(25)33-5)29-27(32)31(21-13-11-20(12-14-21)30(3)4)26(22)18-7-9-19(28)10-8-18/h7-17,26H,6H2,1-5H3,(H,29,32)/t17-,26?/m1/s1. The number of ether oxygens (including phenoxy) is 2. The van der Waals surface area contributed by atoms with Gasteiger partial charge in [-0.25, -0.2) is 4.79 Å². The van der Waals surface area contributed by atoms with Gasteiger partial charge in [0, 0.05) is 42.1 Å². The fourth-order valence-corrected chi connectivity index (χ4v) is 4.17. The lowest BCUT2D eigenvalue weighted by Crippen LogP contribution is -2.43. The number of fused-ring (bicyclic) bond motifs is 1. The maximum absolute atomic E-state index is 13.4. The van der Waals surface area contributed by atoms with Gasteiger partial charge in [0.25, 0.3) is 0 Å². The molecule has 0 saturated carbocycles. The molecule has 0 saturated heterocycles. The lowest BCUT2D eigenvalue weighted by molar-refractivity contribution is 0.207. The molecule has 3 aromatic rings. The second-order valence-corrected chi connectivity index (χ2v) is 9.03. The van der Waals surface area contributed by atoms with Crippen molar-refractivity contribution in [3.8, 4) is 11.5 Å². The lowest BCUT2D eigenvalue weighted by atomic mass is 9.92. The van der Waals surface area contributed by atoms with Crippen LogP contribution in [0.25, 0.3) is 0 Å². The SMILES string of the molecule is CC[C@@H](C)Oc1cc2c(cc1OC)NC(=O)N(c1ccc(N(C)C)cc1)C2c1ccc(Cl)cc1. The molecule has 7 heteroatoms. The number of carbonyl (C=O) groups excluding carboxylic acids is 1. The van der Waals surface area contributed by atoms with Gasteiger partial charge in [0.15, 0.2) is 11.5 Å². The van der Waals surface area contributed by atoms with Crippen molar-refractivity contribution >= 4 is 34.7 Å². The summed E-state index contributed by atoms with van der Waals surface area (Å²) in [6.45, 7) is 4.10. The van der Waals surface area contributed by atoms with Crippen LogP contribution in [0.3, 0.4) is 0 Å². The lowest BCUT2D eigenvalue weighted by Gasteiger charge is -2.38. The third kappa shape index (κ3) is 4.64. The minimum absolute atomic E-state index is 0.0220. The number of amides is 2. The summed E-state index contributed by atoms with van der Waals surface area (Å²) >= 11 is 6.18. The van der Waals surface area contributed by atoms with E-state index in [1.54, 1.807) is 12.0 Å². The van der Waals surface area contributed by atoms with Crippen LogP contribution in [-0.4, -0.2) is 33.3 Å². The predicted molar refractivity (Wildman–Crippen MR) is 139 cm³/mol. The molecule has 1 aliphatic heterocycles. The Morgan fingerprint density at radius 3 is 2.32 bits per heavy atom. The number of hydrogen-bond acceptors (Lipinski definition) is 4. The summed E-state index contributed by atoms with van der Waals surface area (Å²) in [6.07, 6.45) is 0.885. The van der Waals surface area contributed by atoms with E-state index in [-0.39, 0.29) is 18.2 Å². The van der Waals surface area contributed by atoms with E-state index in [4.69, 9.17) is 21.1 Å². The number of nitrogens with one attached hydrogen (secondary N) is 1. The van der Waals surface area contributed by atoms with Gasteiger partial charge in [-0.3, -0.25) is 4.90 Å². The van der Waals surface area contributed by atoms with Gasteiger partial charge in [0.2, 0.25) is 0 Å². The van der Waals surface area contributed by atoms with Gasteiger partial charge in [-0.1, -0.05) is 30.7 Å². The van der Waals surface area contributed by atoms with Gasteiger partial charge in [-0.05, 0) is 61.4 Å². The molecule has 2 amide bonds. The van der Waals surface area contributed by atoms with Crippen molar-refractivity contribution in [1.29, 1.82) is 0 Å². The van der Waals surface area contributed by atoms with Gasteiger partial charge in [0.1, 0.15) is 0 Å². The predicted octanol–water partition coefficient (Wildman–Crippen LogP) is 6.73. The second kappa shape index (κ2) is 9.85. The molecule has 0 fully saturated rings. The van der Waals surface area contributed by atoms with Crippen LogP contribution in [-0.2, 0) is 0 Å². The maximum atomic E-state index is 13.4. The highest BCUT2D eigenvalue weighted by Gasteiger charge is 2.36. The molecule has 34 heavy (non-hydrogen) atoms. The summed E-state index contributed by atoms with van der Waals surface area (Å²) in [5.41, 5.74) is 4.39. The van der Waals surface area contributed by atoms with Crippen LogP contribution in [0, 0.1) is 0 Å². The van der Waals surface area contributed by atoms with E-state index < -0.39 is 0 Å². The monoisotopic (exact) mass is 479 g/mol. The third-order valence-corrected chi connectivity index (χ3v) is 6.33. The molecule has 1 aliphatic rings. The second-order valence-electron chi connectivity index (χ2n) is 8.59. The Hall–Kier alpha value is -3.38. The molecule has 1 heterocycles. The molecule has 0 radical (unpaired) electrons. The first-order valence-electron chi connectivity index (χ1n) is 11.3. The highest BCUT2D eigenvalue weighted by atomic mass is 35.5. The Labute approximate surface area is 206 Å². The Balaban J connectivity index is 1.88. The molecule has 1 unspecified atom stereocenters. The molecular weight excluding hydrogens is 450 g/mol.